The van der Waals surface area contributed by atoms with Gasteiger partial charge in [-0.05, 0) is 55.2 Å². The van der Waals surface area contributed by atoms with Crippen LogP contribution in [-0.2, 0) is 38.2 Å². The first-order chi connectivity index (χ1) is 22.0. The van der Waals surface area contributed by atoms with Crippen LogP contribution in [0.4, 0.5) is 8.78 Å². The summed E-state index contributed by atoms with van der Waals surface area (Å²) in [5, 5.41) is 10.8. The van der Waals surface area contributed by atoms with Crippen LogP contribution >= 0.6 is 11.6 Å². The predicted octanol–water partition coefficient (Wildman–Crippen LogP) is 7.87. The summed E-state index contributed by atoms with van der Waals surface area (Å²) in [6.07, 6.45) is -1.13. The molecule has 0 bridgehead atoms. The van der Waals surface area contributed by atoms with Crippen LogP contribution in [0.3, 0.4) is 0 Å². The average molecular weight is 706 g/mol. The predicted molar refractivity (Wildman–Crippen MR) is 183 cm³/mol. The maximum absolute atomic E-state index is 14.4. The van der Waals surface area contributed by atoms with Gasteiger partial charge in [0.1, 0.15) is 47.7 Å². The first-order valence-corrected chi connectivity index (χ1v) is 23.2. The normalized spacial score (nSPS) is 21.7. The van der Waals surface area contributed by atoms with Crippen LogP contribution in [0.2, 0.25) is 48.8 Å². The number of aryl methyl sites for hydroxylation is 1. The first kappa shape index (κ1) is 35.9. The third-order valence-electron chi connectivity index (χ3n) is 9.49. The molecule has 47 heavy (non-hydrogen) atoms. The number of aromatic nitrogens is 2. The molecule has 1 aromatic carbocycles. The van der Waals surface area contributed by atoms with Gasteiger partial charge in [0.05, 0.1) is 35.6 Å². The molecule has 2 fully saturated rings. The molecule has 8 nitrogen and oxygen atoms in total. The second-order valence-corrected chi connectivity index (χ2v) is 26.0. The van der Waals surface area contributed by atoms with Crippen molar-refractivity contribution in [3.63, 3.8) is 0 Å². The SMILES string of the molecule is CC(C)(C)[Si](C)(C)O[C@@H]1CO[C@H]2[C@@H]1OC[C@H]2Oc1c(C#N)c2nc(CCc3c(F)cccc3F)c(Cl)cc2n1COCC[Si](C)(C)C. The standard InChI is InChI=1S/C34H46ClF2N3O5Si2/c1-34(2,3)47(7,8)45-29-19-43-31-28(18-42-32(29)31)44-33-22(17-38)30-27(40(33)20-41-14-15-46(4,5)6)16-23(35)26(39-30)13-12-21-24(36)10-9-11-25(21)37/h9-11,16,28-29,31-32H,12-15,18-20H2,1-8H3/t28-,29-,31-,32-/m1/s1. The number of nitriles is 1. The molecule has 4 atom stereocenters. The van der Waals surface area contributed by atoms with Crippen LogP contribution in [0.25, 0.3) is 11.0 Å². The molecule has 256 valence electrons. The average Bonchev–Trinajstić information content (AvgIpc) is 3.63. The van der Waals surface area contributed by atoms with E-state index in [1.807, 2.05) is 0 Å². The second-order valence-electron chi connectivity index (χ2n) is 15.2. The zero-order valence-corrected chi connectivity index (χ0v) is 31.3. The summed E-state index contributed by atoms with van der Waals surface area (Å²) in [7, 11) is -3.43. The molecule has 0 N–H and O–H groups in total. The largest absolute Gasteiger partial charge is 0.469 e. The summed E-state index contributed by atoms with van der Waals surface area (Å²) in [6.45, 7) is 19.2. The molecule has 0 unspecified atom stereocenters. The summed E-state index contributed by atoms with van der Waals surface area (Å²) in [5.41, 5.74) is 1.56. The lowest BCUT2D eigenvalue weighted by atomic mass is 10.1. The van der Waals surface area contributed by atoms with Crippen LogP contribution in [0, 0.1) is 23.0 Å². The number of halogens is 3. The van der Waals surface area contributed by atoms with Gasteiger partial charge in [0, 0.05) is 20.2 Å². The van der Waals surface area contributed by atoms with Crippen molar-refractivity contribution in [1.82, 2.24) is 9.55 Å². The number of pyridine rings is 1. The lowest BCUT2D eigenvalue weighted by Gasteiger charge is -2.39. The van der Waals surface area contributed by atoms with Crippen LogP contribution in [0.5, 0.6) is 5.88 Å². The van der Waals surface area contributed by atoms with Gasteiger partial charge >= 0.3 is 0 Å². The van der Waals surface area contributed by atoms with Crippen LogP contribution in [-0.4, -0.2) is 70.2 Å². The molecule has 2 aliphatic heterocycles. The molecule has 0 aliphatic carbocycles. The van der Waals surface area contributed by atoms with Gasteiger partial charge in [-0.15, -0.1) is 0 Å². The molecule has 2 aliphatic rings. The lowest BCUT2D eigenvalue weighted by Crippen LogP contribution is -2.47. The van der Waals surface area contributed by atoms with E-state index in [9.17, 15) is 14.0 Å². The number of hydrogen-bond acceptors (Lipinski definition) is 7. The highest BCUT2D eigenvalue weighted by Gasteiger charge is 2.52. The molecular weight excluding hydrogens is 660 g/mol. The van der Waals surface area contributed by atoms with Gasteiger partial charge in [-0.3, -0.25) is 4.57 Å². The molecule has 3 aromatic rings. The van der Waals surface area contributed by atoms with Gasteiger partial charge in [0.25, 0.3) is 0 Å². The Bertz CT molecular complexity index is 1630. The van der Waals surface area contributed by atoms with E-state index < -0.39 is 34.1 Å². The van der Waals surface area contributed by atoms with E-state index in [1.54, 1.807) is 10.6 Å². The van der Waals surface area contributed by atoms with E-state index in [0.29, 0.717) is 40.8 Å². The molecule has 2 saturated heterocycles. The van der Waals surface area contributed by atoms with Crippen molar-refractivity contribution in [3.05, 3.63) is 57.7 Å². The molecular formula is C34H46ClF2N3O5Si2. The van der Waals surface area contributed by atoms with Gasteiger partial charge in [-0.25, -0.2) is 13.8 Å². The smallest absolute Gasteiger partial charge is 0.217 e. The van der Waals surface area contributed by atoms with Crippen molar-refractivity contribution in [2.24, 2.45) is 0 Å². The Labute approximate surface area is 283 Å². The van der Waals surface area contributed by atoms with Gasteiger partial charge in [0.2, 0.25) is 5.88 Å². The third kappa shape index (κ3) is 7.77. The van der Waals surface area contributed by atoms with E-state index in [0.717, 1.165) is 6.04 Å². The van der Waals surface area contributed by atoms with Crippen molar-refractivity contribution in [1.29, 1.82) is 5.26 Å². The van der Waals surface area contributed by atoms with Crippen LogP contribution in [0.15, 0.2) is 24.3 Å². The minimum atomic E-state index is -2.07. The van der Waals surface area contributed by atoms with E-state index in [4.69, 9.17) is 40.0 Å². The number of rotatable bonds is 12. The molecule has 0 saturated carbocycles. The Morgan fingerprint density at radius 3 is 2.30 bits per heavy atom. The van der Waals surface area contributed by atoms with Crippen LogP contribution < -0.4 is 4.74 Å². The molecule has 4 heterocycles. The molecule has 5 rings (SSSR count). The number of hydrogen-bond donors (Lipinski definition) is 0. The summed E-state index contributed by atoms with van der Waals surface area (Å²) in [6, 6.07) is 8.75. The fourth-order valence-electron chi connectivity index (χ4n) is 5.66. The minimum absolute atomic E-state index is 0.0356. The highest BCUT2D eigenvalue weighted by molar-refractivity contribution is 6.76. The maximum atomic E-state index is 14.4. The molecule has 0 radical (unpaired) electrons. The topological polar surface area (TPSA) is 87.8 Å². The van der Waals surface area contributed by atoms with Gasteiger partial charge in [-0.2, -0.15) is 5.26 Å². The Hall–Kier alpha value is -2.38. The molecule has 2 aromatic heterocycles. The van der Waals surface area contributed by atoms with E-state index in [-0.39, 0.29) is 60.7 Å². The minimum Gasteiger partial charge on any atom is -0.469 e. The Morgan fingerprint density at radius 1 is 1.04 bits per heavy atom. The Balaban J connectivity index is 1.44. The van der Waals surface area contributed by atoms with Crippen LogP contribution in [0.1, 0.15) is 37.6 Å². The van der Waals surface area contributed by atoms with Crippen molar-refractivity contribution < 1.29 is 32.2 Å². The quantitative estimate of drug-likeness (QED) is 0.140. The van der Waals surface area contributed by atoms with E-state index >= 15 is 0 Å². The van der Waals surface area contributed by atoms with Gasteiger partial charge in [0.15, 0.2) is 14.4 Å². The fraction of sp³-hybridized carbons (Fsp3) is 0.588. The number of benzene rings is 1. The highest BCUT2D eigenvalue weighted by Crippen LogP contribution is 2.41. The summed E-state index contributed by atoms with van der Waals surface area (Å²) >= 11 is 6.72. The van der Waals surface area contributed by atoms with Crippen molar-refractivity contribution >= 4 is 39.0 Å². The summed E-state index contributed by atoms with van der Waals surface area (Å²) in [4.78, 5) is 4.76. The molecule has 0 amide bonds. The fourth-order valence-corrected chi connectivity index (χ4v) is 7.97. The van der Waals surface area contributed by atoms with Gasteiger partial charge < -0.3 is 23.4 Å². The summed E-state index contributed by atoms with van der Waals surface area (Å²) < 4.78 is 62.3. The Morgan fingerprint density at radius 2 is 1.68 bits per heavy atom. The number of nitrogens with zero attached hydrogens (tertiary/aromatic N) is 3. The lowest BCUT2D eigenvalue weighted by molar-refractivity contribution is 0.00849. The number of ether oxygens (including phenoxy) is 4. The maximum Gasteiger partial charge on any atom is 0.217 e. The zero-order valence-electron chi connectivity index (χ0n) is 28.6. The Kier molecular flexibility index (Phi) is 10.6. The summed E-state index contributed by atoms with van der Waals surface area (Å²) in [5.74, 6) is -0.955. The van der Waals surface area contributed by atoms with E-state index in [2.05, 4.69) is 59.6 Å². The molecule has 0 spiro atoms. The zero-order chi connectivity index (χ0) is 34.3. The monoisotopic (exact) mass is 705 g/mol. The number of fused-ring (bicyclic) bond motifs is 2. The highest BCUT2D eigenvalue weighted by atomic mass is 35.5. The molecule has 13 heteroatoms. The van der Waals surface area contributed by atoms with Crippen molar-refractivity contribution in [2.75, 3.05) is 19.8 Å². The van der Waals surface area contributed by atoms with Gasteiger partial charge in [-0.1, -0.05) is 58.1 Å². The third-order valence-corrected chi connectivity index (χ3v) is 16.0. The second kappa shape index (κ2) is 13.9. The van der Waals surface area contributed by atoms with Crippen molar-refractivity contribution in [2.45, 2.75) is 109 Å². The first-order valence-electron chi connectivity index (χ1n) is 16.2. The van der Waals surface area contributed by atoms with Crippen molar-refractivity contribution in [3.8, 4) is 11.9 Å². The van der Waals surface area contributed by atoms with E-state index in [1.165, 1.54) is 18.2 Å².